The lowest BCUT2D eigenvalue weighted by molar-refractivity contribution is -0.124. The quantitative estimate of drug-likeness (QED) is 0.678. The van der Waals surface area contributed by atoms with Crippen LogP contribution in [0.15, 0.2) is 42.9 Å². The van der Waals surface area contributed by atoms with Gasteiger partial charge >= 0.3 is 5.97 Å². The third-order valence-electron chi connectivity index (χ3n) is 5.71. The lowest BCUT2D eigenvalue weighted by Gasteiger charge is -2.28. The normalized spacial score (nSPS) is 17.3. The summed E-state index contributed by atoms with van der Waals surface area (Å²) in [6, 6.07) is 9.93. The number of esters is 1. The van der Waals surface area contributed by atoms with Crippen LogP contribution in [0.5, 0.6) is 0 Å². The van der Waals surface area contributed by atoms with Crippen molar-refractivity contribution in [3.63, 3.8) is 0 Å². The second kappa shape index (κ2) is 8.98. The number of benzene rings is 1. The molecule has 1 fully saturated rings. The van der Waals surface area contributed by atoms with E-state index in [0.717, 1.165) is 31.2 Å². The molecule has 2 atom stereocenters. The van der Waals surface area contributed by atoms with Gasteiger partial charge in [0.2, 0.25) is 0 Å². The first-order chi connectivity index (χ1) is 13.1. The van der Waals surface area contributed by atoms with Gasteiger partial charge in [0.1, 0.15) is 18.1 Å². The summed E-state index contributed by atoms with van der Waals surface area (Å²) >= 11 is 0. The molecule has 0 bridgehead atoms. The smallest absolute Gasteiger partial charge is 0.356 e. The molecule has 0 aliphatic heterocycles. The standard InChI is InChI=1S/C22H28N2O3/c1-16(18-9-5-3-6-10-18)24-15-23-13-21(24)22(26)27-14-20(17(2)25)19-11-7-4-8-12-19/h3,5-6,9-10,13,15-16,19-20H,4,7-8,11-12,14H2,1-2H3/t16-,20?/m1/s1. The summed E-state index contributed by atoms with van der Waals surface area (Å²) in [6.45, 7) is 3.78. The van der Waals surface area contributed by atoms with Crippen LogP contribution in [0.4, 0.5) is 0 Å². The second-order valence-electron chi connectivity index (χ2n) is 7.49. The van der Waals surface area contributed by atoms with Gasteiger partial charge in [-0.2, -0.15) is 0 Å². The van der Waals surface area contributed by atoms with Crippen LogP contribution in [-0.4, -0.2) is 27.9 Å². The lowest BCUT2D eigenvalue weighted by Crippen LogP contribution is -2.30. The highest BCUT2D eigenvalue weighted by atomic mass is 16.5. The number of ketones is 1. The first-order valence-electron chi connectivity index (χ1n) is 9.82. The Balaban J connectivity index is 1.68. The highest BCUT2D eigenvalue weighted by molar-refractivity contribution is 5.88. The largest absolute Gasteiger partial charge is 0.460 e. The number of rotatable bonds is 7. The average Bonchev–Trinajstić information content (AvgIpc) is 3.18. The van der Waals surface area contributed by atoms with Crippen LogP contribution in [0, 0.1) is 11.8 Å². The van der Waals surface area contributed by atoms with Crippen LogP contribution in [0.2, 0.25) is 0 Å². The number of ether oxygens (including phenoxy) is 1. The van der Waals surface area contributed by atoms with Crippen LogP contribution >= 0.6 is 0 Å². The minimum atomic E-state index is -0.419. The van der Waals surface area contributed by atoms with E-state index in [0.29, 0.717) is 11.6 Å². The van der Waals surface area contributed by atoms with E-state index in [9.17, 15) is 9.59 Å². The predicted molar refractivity (Wildman–Crippen MR) is 104 cm³/mol. The van der Waals surface area contributed by atoms with Gasteiger partial charge < -0.3 is 9.30 Å². The molecule has 3 rings (SSSR count). The highest BCUT2D eigenvalue weighted by Gasteiger charge is 2.29. The number of imidazole rings is 1. The molecule has 1 heterocycles. The molecular formula is C22H28N2O3. The molecule has 0 N–H and O–H groups in total. The zero-order chi connectivity index (χ0) is 19.2. The molecule has 1 saturated carbocycles. The molecule has 0 saturated heterocycles. The third-order valence-corrected chi connectivity index (χ3v) is 5.71. The summed E-state index contributed by atoms with van der Waals surface area (Å²) in [6.07, 6.45) is 8.82. The number of nitrogens with zero attached hydrogens (tertiary/aromatic N) is 2. The minimum absolute atomic E-state index is 0.0294. The van der Waals surface area contributed by atoms with Crippen LogP contribution < -0.4 is 0 Å². The van der Waals surface area contributed by atoms with Gasteiger partial charge in [-0.1, -0.05) is 49.6 Å². The molecule has 5 heteroatoms. The van der Waals surface area contributed by atoms with Gasteiger partial charge in [-0.05, 0) is 38.2 Å². The Morgan fingerprint density at radius 1 is 1.19 bits per heavy atom. The Bertz CT molecular complexity index is 763. The summed E-state index contributed by atoms with van der Waals surface area (Å²) in [7, 11) is 0. The van der Waals surface area contributed by atoms with Crippen molar-refractivity contribution in [1.29, 1.82) is 0 Å². The summed E-state index contributed by atoms with van der Waals surface area (Å²) < 4.78 is 7.39. The predicted octanol–water partition coefficient (Wildman–Crippen LogP) is 4.43. The molecule has 1 aromatic carbocycles. The molecule has 1 aromatic heterocycles. The number of carbonyl (C=O) groups is 2. The fourth-order valence-corrected chi connectivity index (χ4v) is 4.02. The summed E-state index contributed by atoms with van der Waals surface area (Å²) in [5.41, 5.74) is 1.51. The van der Waals surface area contributed by atoms with Gasteiger partial charge in [-0.25, -0.2) is 9.78 Å². The second-order valence-corrected chi connectivity index (χ2v) is 7.49. The van der Waals surface area contributed by atoms with Gasteiger partial charge in [0.05, 0.1) is 24.5 Å². The van der Waals surface area contributed by atoms with E-state index >= 15 is 0 Å². The average molecular weight is 368 g/mol. The van der Waals surface area contributed by atoms with Crippen molar-refractivity contribution in [1.82, 2.24) is 9.55 Å². The van der Waals surface area contributed by atoms with E-state index in [1.165, 1.54) is 12.6 Å². The number of aromatic nitrogens is 2. The van der Waals surface area contributed by atoms with Gasteiger partial charge in [0.15, 0.2) is 0 Å². The zero-order valence-corrected chi connectivity index (χ0v) is 16.1. The maximum atomic E-state index is 12.7. The van der Waals surface area contributed by atoms with E-state index < -0.39 is 5.97 Å². The maximum Gasteiger partial charge on any atom is 0.356 e. The van der Waals surface area contributed by atoms with Crippen molar-refractivity contribution in [2.75, 3.05) is 6.61 Å². The maximum absolute atomic E-state index is 12.7. The van der Waals surface area contributed by atoms with Crippen molar-refractivity contribution in [3.8, 4) is 0 Å². The Labute approximate surface area is 160 Å². The topological polar surface area (TPSA) is 61.2 Å². The number of Topliss-reactive ketones (excluding diaryl/α,β-unsaturated/α-hetero) is 1. The van der Waals surface area contributed by atoms with Gasteiger partial charge in [-0.15, -0.1) is 0 Å². The fraction of sp³-hybridized carbons (Fsp3) is 0.500. The van der Waals surface area contributed by atoms with Crippen LogP contribution in [0.1, 0.15) is 68.0 Å². The van der Waals surface area contributed by atoms with Crippen LogP contribution in [0.25, 0.3) is 0 Å². The van der Waals surface area contributed by atoms with E-state index in [1.54, 1.807) is 13.3 Å². The van der Waals surface area contributed by atoms with Gasteiger partial charge in [-0.3, -0.25) is 4.79 Å². The van der Waals surface area contributed by atoms with E-state index in [-0.39, 0.29) is 24.3 Å². The Hall–Kier alpha value is -2.43. The van der Waals surface area contributed by atoms with Crippen molar-refractivity contribution in [2.24, 2.45) is 11.8 Å². The molecular weight excluding hydrogens is 340 g/mol. The number of carbonyl (C=O) groups excluding carboxylic acids is 2. The lowest BCUT2D eigenvalue weighted by atomic mass is 9.79. The molecule has 0 radical (unpaired) electrons. The zero-order valence-electron chi connectivity index (χ0n) is 16.1. The van der Waals surface area contributed by atoms with E-state index in [2.05, 4.69) is 4.98 Å². The summed E-state index contributed by atoms with van der Waals surface area (Å²) in [4.78, 5) is 28.9. The molecule has 1 aliphatic rings. The molecule has 0 amide bonds. The van der Waals surface area contributed by atoms with E-state index in [4.69, 9.17) is 4.74 Å². The van der Waals surface area contributed by atoms with Crippen molar-refractivity contribution < 1.29 is 14.3 Å². The monoisotopic (exact) mass is 368 g/mol. The Kier molecular flexibility index (Phi) is 6.43. The highest BCUT2D eigenvalue weighted by Crippen LogP contribution is 2.31. The molecule has 2 aromatic rings. The van der Waals surface area contributed by atoms with Crippen molar-refractivity contribution in [3.05, 3.63) is 54.1 Å². The van der Waals surface area contributed by atoms with Crippen LogP contribution in [-0.2, 0) is 9.53 Å². The van der Waals surface area contributed by atoms with Crippen molar-refractivity contribution >= 4 is 11.8 Å². The number of hydrogen-bond acceptors (Lipinski definition) is 4. The number of hydrogen-bond donors (Lipinski definition) is 0. The molecule has 0 spiro atoms. The Morgan fingerprint density at radius 2 is 1.89 bits per heavy atom. The molecule has 1 unspecified atom stereocenters. The van der Waals surface area contributed by atoms with Gasteiger partial charge in [0.25, 0.3) is 0 Å². The summed E-state index contributed by atoms with van der Waals surface area (Å²) in [5, 5.41) is 0. The molecule has 27 heavy (non-hydrogen) atoms. The van der Waals surface area contributed by atoms with Gasteiger partial charge in [0, 0.05) is 0 Å². The first-order valence-corrected chi connectivity index (χ1v) is 9.82. The Morgan fingerprint density at radius 3 is 2.56 bits per heavy atom. The van der Waals surface area contributed by atoms with Crippen LogP contribution in [0.3, 0.4) is 0 Å². The third kappa shape index (κ3) is 4.65. The minimum Gasteiger partial charge on any atom is -0.460 e. The molecule has 144 valence electrons. The first kappa shape index (κ1) is 19.3. The van der Waals surface area contributed by atoms with E-state index in [1.807, 2.05) is 41.8 Å². The fourth-order valence-electron chi connectivity index (χ4n) is 4.02. The van der Waals surface area contributed by atoms with Crippen molar-refractivity contribution in [2.45, 2.75) is 52.0 Å². The molecule has 1 aliphatic carbocycles. The molecule has 5 nitrogen and oxygen atoms in total. The SMILES string of the molecule is CC(=O)C(COC(=O)c1cncn1[C@H](C)c1ccccc1)C1CCCCC1. The summed E-state index contributed by atoms with van der Waals surface area (Å²) in [5.74, 6) is -0.174.